The second kappa shape index (κ2) is 7.12. The lowest BCUT2D eigenvalue weighted by atomic mass is 9.82. The van der Waals surface area contributed by atoms with Crippen LogP contribution in [-0.4, -0.2) is 43.2 Å². The van der Waals surface area contributed by atoms with Crippen LogP contribution in [0.25, 0.3) is 0 Å². The van der Waals surface area contributed by atoms with Crippen molar-refractivity contribution in [2.45, 2.75) is 63.3 Å². The Morgan fingerprint density at radius 2 is 2.16 bits per heavy atom. The van der Waals surface area contributed by atoms with E-state index in [-0.39, 0.29) is 19.0 Å². The quantitative estimate of drug-likeness (QED) is 0.695. The Labute approximate surface area is 148 Å². The molecule has 1 saturated heterocycles. The molecule has 1 spiro atoms. The molecular formula is C17H22F5NOS. The molecule has 1 fully saturated rings. The van der Waals surface area contributed by atoms with E-state index in [1.807, 2.05) is 17.9 Å². The Hall–Kier alpha value is -0.730. The zero-order chi connectivity index (χ0) is 18.2. The van der Waals surface area contributed by atoms with Gasteiger partial charge in [0.1, 0.15) is 5.60 Å². The third kappa shape index (κ3) is 4.34. The number of hydrogen-bond acceptors (Lipinski definition) is 3. The average molecular weight is 383 g/mol. The average Bonchev–Trinajstić information content (AvgIpc) is 2.89. The summed E-state index contributed by atoms with van der Waals surface area (Å²) < 4.78 is 68.9. The zero-order valence-electron chi connectivity index (χ0n) is 14.0. The van der Waals surface area contributed by atoms with E-state index in [1.54, 1.807) is 0 Å². The van der Waals surface area contributed by atoms with Crippen LogP contribution in [0, 0.1) is 0 Å². The Balaban J connectivity index is 1.73. The molecule has 0 radical (unpaired) electrons. The molecule has 0 unspecified atom stereocenters. The van der Waals surface area contributed by atoms with Gasteiger partial charge in [-0.3, -0.25) is 0 Å². The van der Waals surface area contributed by atoms with Crippen LogP contribution in [-0.2, 0) is 23.2 Å². The van der Waals surface area contributed by atoms with Crippen LogP contribution in [0.15, 0.2) is 6.07 Å². The van der Waals surface area contributed by atoms with E-state index < -0.39 is 24.6 Å². The van der Waals surface area contributed by atoms with Gasteiger partial charge in [0, 0.05) is 35.3 Å². The zero-order valence-corrected chi connectivity index (χ0v) is 14.9. The first-order valence-corrected chi connectivity index (χ1v) is 9.35. The summed E-state index contributed by atoms with van der Waals surface area (Å²) in [5.74, 6) is 0. The first kappa shape index (κ1) is 19.0. The van der Waals surface area contributed by atoms with E-state index >= 15 is 0 Å². The predicted octanol–water partition coefficient (Wildman–Crippen LogP) is 4.76. The highest BCUT2D eigenvalue weighted by Gasteiger charge is 2.45. The molecule has 2 nitrogen and oxygen atoms in total. The number of alkyl halides is 5. The third-order valence-electron chi connectivity index (χ3n) is 5.11. The van der Waals surface area contributed by atoms with Crippen LogP contribution in [0.2, 0.25) is 0 Å². The van der Waals surface area contributed by atoms with Gasteiger partial charge in [-0.05, 0) is 37.8 Å². The number of halogens is 5. The number of piperidine rings is 1. The first-order chi connectivity index (χ1) is 11.7. The van der Waals surface area contributed by atoms with Gasteiger partial charge in [0.25, 0.3) is 0 Å². The van der Waals surface area contributed by atoms with Crippen LogP contribution in [0.3, 0.4) is 0 Å². The Morgan fingerprint density at radius 1 is 1.40 bits per heavy atom. The van der Waals surface area contributed by atoms with Crippen LogP contribution in [0.1, 0.15) is 41.5 Å². The molecule has 0 aromatic carbocycles. The number of nitrogens with zero attached hydrogens (tertiary/aromatic N) is 1. The number of fused-ring (bicyclic) bond motifs is 2. The molecular weight excluding hydrogens is 361 g/mol. The second-order valence-electron chi connectivity index (χ2n) is 6.96. The molecule has 3 rings (SSSR count). The van der Waals surface area contributed by atoms with E-state index in [0.29, 0.717) is 37.3 Å². The van der Waals surface area contributed by atoms with Crippen molar-refractivity contribution < 1.29 is 26.7 Å². The molecule has 8 heteroatoms. The second-order valence-corrected chi connectivity index (χ2v) is 8.10. The van der Waals surface area contributed by atoms with Gasteiger partial charge in [-0.25, -0.2) is 8.78 Å². The van der Waals surface area contributed by atoms with Gasteiger partial charge >= 0.3 is 6.18 Å². The fraction of sp³-hybridized carbons (Fsp3) is 0.765. The van der Waals surface area contributed by atoms with Gasteiger partial charge in [-0.2, -0.15) is 13.2 Å². The van der Waals surface area contributed by atoms with Gasteiger partial charge < -0.3 is 9.64 Å². The van der Waals surface area contributed by atoms with Crippen LogP contribution < -0.4 is 0 Å². The molecule has 2 aliphatic heterocycles. The third-order valence-corrected chi connectivity index (χ3v) is 6.50. The van der Waals surface area contributed by atoms with E-state index in [1.165, 1.54) is 11.3 Å². The molecule has 25 heavy (non-hydrogen) atoms. The topological polar surface area (TPSA) is 12.5 Å². The molecule has 2 aliphatic rings. The molecule has 1 aromatic rings. The lowest BCUT2D eigenvalue weighted by molar-refractivity contribution is -0.146. The maximum atomic E-state index is 12.7. The maximum absolute atomic E-state index is 12.7. The minimum absolute atomic E-state index is 0.00528. The number of ether oxygens (including phenoxy) is 1. The molecule has 0 amide bonds. The van der Waals surface area contributed by atoms with Crippen LogP contribution in [0.4, 0.5) is 22.0 Å². The summed E-state index contributed by atoms with van der Waals surface area (Å²) in [4.78, 5) is 3.53. The van der Waals surface area contributed by atoms with Crippen molar-refractivity contribution >= 4 is 11.3 Å². The highest BCUT2D eigenvalue weighted by molar-refractivity contribution is 7.12. The number of rotatable bonds is 4. The smallest absolute Gasteiger partial charge is 0.369 e. The lowest BCUT2D eigenvalue weighted by Crippen LogP contribution is -2.50. The molecule has 0 aliphatic carbocycles. The SMILES string of the molecule is C[C@H]1C[C@@]2(CCN1CCC(F)(F)F)OCCc1cc(CC(F)F)sc12. The molecule has 0 bridgehead atoms. The van der Waals surface area contributed by atoms with Crippen molar-refractivity contribution in [3.8, 4) is 0 Å². The molecule has 1 aromatic heterocycles. The highest BCUT2D eigenvalue weighted by atomic mass is 32.1. The van der Waals surface area contributed by atoms with Crippen molar-refractivity contribution in [2.24, 2.45) is 0 Å². The minimum atomic E-state index is -4.15. The van der Waals surface area contributed by atoms with E-state index in [4.69, 9.17) is 4.74 Å². The van der Waals surface area contributed by atoms with Gasteiger partial charge in [0.15, 0.2) is 0 Å². The number of hydrogen-bond donors (Lipinski definition) is 0. The van der Waals surface area contributed by atoms with Crippen LogP contribution >= 0.6 is 11.3 Å². The summed E-state index contributed by atoms with van der Waals surface area (Å²) in [6, 6.07) is 1.82. The van der Waals surface area contributed by atoms with Gasteiger partial charge in [-0.1, -0.05) is 0 Å². The van der Waals surface area contributed by atoms with Crippen molar-refractivity contribution in [3.63, 3.8) is 0 Å². The van der Waals surface area contributed by atoms with Gasteiger partial charge in [0.05, 0.1) is 13.0 Å². The number of thiophene rings is 1. The minimum Gasteiger partial charge on any atom is -0.369 e. The summed E-state index contributed by atoms with van der Waals surface area (Å²) in [6.45, 7) is 2.98. The first-order valence-electron chi connectivity index (χ1n) is 8.53. The highest BCUT2D eigenvalue weighted by Crippen LogP contribution is 2.47. The summed E-state index contributed by atoms with van der Waals surface area (Å²) in [6.07, 6.45) is -5.66. The van der Waals surface area contributed by atoms with E-state index in [9.17, 15) is 22.0 Å². The van der Waals surface area contributed by atoms with Crippen molar-refractivity contribution in [1.29, 1.82) is 0 Å². The predicted molar refractivity (Wildman–Crippen MR) is 86.3 cm³/mol. The Morgan fingerprint density at radius 3 is 2.80 bits per heavy atom. The molecule has 2 atom stereocenters. The van der Waals surface area contributed by atoms with Crippen LogP contribution in [0.5, 0.6) is 0 Å². The molecule has 3 heterocycles. The summed E-state index contributed by atoms with van der Waals surface area (Å²) in [7, 11) is 0. The van der Waals surface area contributed by atoms with E-state index in [0.717, 1.165) is 10.4 Å². The molecule has 0 N–H and O–H groups in total. The summed E-state index contributed by atoms with van der Waals surface area (Å²) in [5, 5.41) is 0. The normalized spacial score (nSPS) is 27.9. The molecule has 0 saturated carbocycles. The monoisotopic (exact) mass is 383 g/mol. The summed E-state index contributed by atoms with van der Waals surface area (Å²) in [5.41, 5.74) is 0.551. The van der Waals surface area contributed by atoms with Crippen molar-refractivity contribution in [1.82, 2.24) is 4.90 Å². The largest absolute Gasteiger partial charge is 0.390 e. The fourth-order valence-electron chi connectivity index (χ4n) is 3.92. The Bertz CT molecular complexity index is 602. The summed E-state index contributed by atoms with van der Waals surface area (Å²) >= 11 is 1.39. The maximum Gasteiger partial charge on any atom is 0.390 e. The fourth-order valence-corrected chi connectivity index (χ4v) is 5.32. The van der Waals surface area contributed by atoms with Crippen molar-refractivity contribution in [3.05, 3.63) is 21.4 Å². The van der Waals surface area contributed by atoms with E-state index in [2.05, 4.69) is 0 Å². The van der Waals surface area contributed by atoms with Gasteiger partial charge in [-0.15, -0.1) is 11.3 Å². The lowest BCUT2D eigenvalue weighted by Gasteiger charge is -2.47. The molecule has 142 valence electrons. The van der Waals surface area contributed by atoms with Gasteiger partial charge in [0.2, 0.25) is 6.43 Å². The Kier molecular flexibility index (Phi) is 5.42. The van der Waals surface area contributed by atoms with Crippen molar-refractivity contribution in [2.75, 3.05) is 19.7 Å². The number of likely N-dealkylation sites (tertiary alicyclic amines) is 1. The standard InChI is InChI=1S/C17H22F5NOS/c1-11-10-16(3-5-23(11)6-4-17(20,21)22)15-12(2-7-24-16)8-13(25-15)9-14(18)19/h8,11,14H,2-7,9-10H2,1H3/t11-,16+/m0/s1.